The van der Waals surface area contributed by atoms with Crippen LogP contribution in [0, 0.1) is 0 Å². The van der Waals surface area contributed by atoms with Gasteiger partial charge in [0.05, 0.1) is 11.1 Å². The minimum atomic E-state index is -0.286. The van der Waals surface area contributed by atoms with Crippen molar-refractivity contribution in [1.82, 2.24) is 19.6 Å². The van der Waals surface area contributed by atoms with Crippen LogP contribution in [-0.4, -0.2) is 99.0 Å². The molecule has 0 atom stereocenters. The number of benzene rings is 4. The Morgan fingerprint density at radius 1 is 0.600 bits per heavy atom. The third kappa shape index (κ3) is 13.5. The summed E-state index contributed by atoms with van der Waals surface area (Å²) in [7, 11) is 10.6. The molecule has 4 aromatic carbocycles. The zero-order valence-corrected chi connectivity index (χ0v) is 30.5. The van der Waals surface area contributed by atoms with Crippen LogP contribution in [0.5, 0.6) is 0 Å². The first kappa shape index (κ1) is 38.5. The van der Waals surface area contributed by atoms with Crippen molar-refractivity contribution < 1.29 is 19.1 Å². The lowest BCUT2D eigenvalue weighted by molar-refractivity contribution is 0.0464. The number of likely N-dealkylation sites (tertiary alicyclic amines) is 1. The highest BCUT2D eigenvalue weighted by atomic mass is 16.5. The molecule has 1 aliphatic heterocycles. The number of carbonyl (C=O) groups is 2. The first-order chi connectivity index (χ1) is 24.2. The van der Waals surface area contributed by atoms with E-state index in [9.17, 15) is 9.59 Å². The van der Waals surface area contributed by atoms with Crippen LogP contribution >= 0.6 is 0 Å². The van der Waals surface area contributed by atoms with E-state index in [1.54, 1.807) is 0 Å². The van der Waals surface area contributed by atoms with Crippen molar-refractivity contribution in [1.29, 1.82) is 0 Å². The largest absolute Gasteiger partial charge is 0.457 e. The molecule has 0 bridgehead atoms. The smallest absolute Gasteiger partial charge is 0.338 e. The van der Waals surface area contributed by atoms with Gasteiger partial charge in [-0.05, 0) is 108 Å². The Bertz CT molecular complexity index is 1560. The molecule has 0 saturated carbocycles. The second kappa shape index (κ2) is 20.4. The normalized spacial score (nSPS) is 13.6. The number of carbonyl (C=O) groups excluding carboxylic acids is 2. The van der Waals surface area contributed by atoms with Crippen molar-refractivity contribution in [2.45, 2.75) is 45.2 Å². The second-order valence-corrected chi connectivity index (χ2v) is 13.5. The van der Waals surface area contributed by atoms with Gasteiger partial charge in [-0.2, -0.15) is 0 Å². The SMILES string of the molecule is CN(C)CCN(C)Cc1ccc(C(=O)OCc2ccccc2)cc1.CN1CCC(N(C)Cc2ccc(C(=O)OCc3ccccc3)cc2)CC1. The third-order valence-corrected chi connectivity index (χ3v) is 8.93. The summed E-state index contributed by atoms with van der Waals surface area (Å²) in [5.74, 6) is -0.560. The van der Waals surface area contributed by atoms with Crippen LogP contribution in [0.15, 0.2) is 109 Å². The highest BCUT2D eigenvalue weighted by Crippen LogP contribution is 2.17. The van der Waals surface area contributed by atoms with Crippen LogP contribution in [0.25, 0.3) is 0 Å². The summed E-state index contributed by atoms with van der Waals surface area (Å²) < 4.78 is 10.7. The molecule has 0 radical (unpaired) electrons. The number of ether oxygens (including phenoxy) is 2. The van der Waals surface area contributed by atoms with E-state index < -0.39 is 0 Å². The number of rotatable bonds is 14. The highest BCUT2D eigenvalue weighted by Gasteiger charge is 2.20. The van der Waals surface area contributed by atoms with Crippen molar-refractivity contribution in [3.05, 3.63) is 143 Å². The monoisotopic (exact) mass is 678 g/mol. The van der Waals surface area contributed by atoms with E-state index in [1.807, 2.05) is 109 Å². The summed E-state index contributed by atoms with van der Waals surface area (Å²) in [5.41, 5.74) is 5.60. The first-order valence-electron chi connectivity index (χ1n) is 17.5. The zero-order chi connectivity index (χ0) is 35.7. The maximum absolute atomic E-state index is 12.2. The average Bonchev–Trinajstić information content (AvgIpc) is 3.14. The van der Waals surface area contributed by atoms with E-state index >= 15 is 0 Å². The quantitative estimate of drug-likeness (QED) is 0.138. The van der Waals surface area contributed by atoms with Gasteiger partial charge in [-0.15, -0.1) is 0 Å². The molecular weight excluding hydrogens is 624 g/mol. The van der Waals surface area contributed by atoms with E-state index in [-0.39, 0.29) is 11.9 Å². The minimum absolute atomic E-state index is 0.274. The molecule has 1 aliphatic rings. The average molecular weight is 679 g/mol. The molecule has 8 nitrogen and oxygen atoms in total. The van der Waals surface area contributed by atoms with Crippen LogP contribution in [0.3, 0.4) is 0 Å². The van der Waals surface area contributed by atoms with Crippen molar-refractivity contribution in [2.75, 3.05) is 61.4 Å². The Morgan fingerprint density at radius 3 is 1.48 bits per heavy atom. The lowest BCUT2D eigenvalue weighted by Gasteiger charge is -2.35. The van der Waals surface area contributed by atoms with Gasteiger partial charge in [0.1, 0.15) is 13.2 Å². The Kier molecular flexibility index (Phi) is 15.7. The van der Waals surface area contributed by atoms with Crippen molar-refractivity contribution in [3.8, 4) is 0 Å². The molecule has 0 unspecified atom stereocenters. The van der Waals surface area contributed by atoms with Gasteiger partial charge in [0.2, 0.25) is 0 Å². The van der Waals surface area contributed by atoms with E-state index in [0.717, 1.165) is 37.3 Å². The predicted molar refractivity (Wildman–Crippen MR) is 201 cm³/mol. The van der Waals surface area contributed by atoms with Gasteiger partial charge in [0, 0.05) is 32.2 Å². The number of hydrogen-bond donors (Lipinski definition) is 0. The molecule has 5 rings (SSSR count). The zero-order valence-electron chi connectivity index (χ0n) is 30.5. The van der Waals surface area contributed by atoms with Crippen LogP contribution in [0.2, 0.25) is 0 Å². The summed E-state index contributed by atoms with van der Waals surface area (Å²) in [5, 5.41) is 0. The number of nitrogens with zero attached hydrogens (tertiary/aromatic N) is 4. The van der Waals surface area contributed by atoms with E-state index in [1.165, 1.54) is 37.1 Å². The van der Waals surface area contributed by atoms with E-state index in [2.05, 4.69) is 54.8 Å². The maximum Gasteiger partial charge on any atom is 0.338 e. The Morgan fingerprint density at radius 2 is 1.04 bits per heavy atom. The van der Waals surface area contributed by atoms with Gasteiger partial charge in [-0.3, -0.25) is 4.90 Å². The summed E-state index contributed by atoms with van der Waals surface area (Å²) in [6.45, 7) is 6.76. The minimum Gasteiger partial charge on any atom is -0.457 e. The standard InChI is InChI=1S/C22H28N2O2.C20H26N2O2/c1-23-14-12-21(13-15-23)24(2)16-18-8-10-20(11-9-18)22(25)26-17-19-6-4-3-5-7-19;1-21(2)13-14-22(3)15-17-9-11-19(12-10-17)20(23)24-16-18-7-5-4-6-8-18/h3-11,21H,12-17H2,1-2H3;4-12H,13-16H2,1-3H3. The molecule has 0 N–H and O–H groups in total. The summed E-state index contributed by atoms with van der Waals surface area (Å²) >= 11 is 0. The molecule has 50 heavy (non-hydrogen) atoms. The Hall–Kier alpha value is -4.34. The van der Waals surface area contributed by atoms with Gasteiger partial charge in [0.25, 0.3) is 0 Å². The molecule has 0 aromatic heterocycles. The Balaban J connectivity index is 0.000000226. The maximum atomic E-state index is 12.2. The van der Waals surface area contributed by atoms with Crippen molar-refractivity contribution >= 4 is 11.9 Å². The molecule has 0 spiro atoms. The van der Waals surface area contributed by atoms with Gasteiger partial charge in [-0.25, -0.2) is 9.59 Å². The molecule has 1 heterocycles. The highest BCUT2D eigenvalue weighted by molar-refractivity contribution is 5.89. The molecule has 4 aromatic rings. The van der Waals surface area contributed by atoms with E-state index in [0.29, 0.717) is 30.4 Å². The lowest BCUT2D eigenvalue weighted by Crippen LogP contribution is -2.41. The predicted octanol–water partition coefficient (Wildman–Crippen LogP) is 6.61. The van der Waals surface area contributed by atoms with Crippen LogP contribution in [0.1, 0.15) is 55.8 Å². The molecule has 0 aliphatic carbocycles. The number of likely N-dealkylation sites (N-methyl/N-ethyl adjacent to an activating group) is 2. The fraction of sp³-hybridized carbons (Fsp3) is 0.381. The molecule has 1 fully saturated rings. The van der Waals surface area contributed by atoms with E-state index in [4.69, 9.17) is 9.47 Å². The summed E-state index contributed by atoms with van der Waals surface area (Å²) in [6.07, 6.45) is 2.44. The van der Waals surface area contributed by atoms with Crippen LogP contribution in [0.4, 0.5) is 0 Å². The van der Waals surface area contributed by atoms with Gasteiger partial charge >= 0.3 is 11.9 Å². The number of esters is 2. The fourth-order valence-corrected chi connectivity index (χ4v) is 5.72. The topological polar surface area (TPSA) is 65.6 Å². The van der Waals surface area contributed by atoms with Gasteiger partial charge in [-0.1, -0.05) is 84.9 Å². The third-order valence-electron chi connectivity index (χ3n) is 8.93. The summed E-state index contributed by atoms with van der Waals surface area (Å²) in [4.78, 5) is 33.5. The van der Waals surface area contributed by atoms with Crippen LogP contribution in [-0.2, 0) is 35.8 Å². The van der Waals surface area contributed by atoms with Gasteiger partial charge in [0.15, 0.2) is 0 Å². The lowest BCUT2D eigenvalue weighted by atomic mass is 10.0. The van der Waals surface area contributed by atoms with Crippen LogP contribution < -0.4 is 0 Å². The molecule has 0 amide bonds. The van der Waals surface area contributed by atoms with Crippen molar-refractivity contribution in [3.63, 3.8) is 0 Å². The second-order valence-electron chi connectivity index (χ2n) is 13.5. The fourth-order valence-electron chi connectivity index (χ4n) is 5.72. The molecular formula is C42H54N4O4. The molecule has 266 valence electrons. The molecule has 1 saturated heterocycles. The molecule has 8 heteroatoms. The first-order valence-corrected chi connectivity index (χ1v) is 17.5. The van der Waals surface area contributed by atoms with Crippen molar-refractivity contribution in [2.24, 2.45) is 0 Å². The number of hydrogen-bond acceptors (Lipinski definition) is 8. The summed E-state index contributed by atoms with van der Waals surface area (Å²) in [6, 6.07) is 35.5. The van der Waals surface area contributed by atoms with Gasteiger partial charge < -0.3 is 24.2 Å². The Labute approximate surface area is 299 Å². The number of piperidine rings is 1.